The van der Waals surface area contributed by atoms with Crippen LogP contribution >= 0.6 is 11.8 Å². The summed E-state index contributed by atoms with van der Waals surface area (Å²) in [4.78, 5) is 25.7. The van der Waals surface area contributed by atoms with Crippen LogP contribution in [0.3, 0.4) is 0 Å². The van der Waals surface area contributed by atoms with Crippen LogP contribution in [0.5, 0.6) is 0 Å². The second-order valence-corrected chi connectivity index (χ2v) is 6.86. The highest BCUT2D eigenvalue weighted by atomic mass is 32.2. The van der Waals surface area contributed by atoms with E-state index in [4.69, 9.17) is 9.47 Å². The van der Waals surface area contributed by atoms with Crippen molar-refractivity contribution in [3.8, 4) is 0 Å². The molecule has 28 heavy (non-hydrogen) atoms. The second kappa shape index (κ2) is 9.62. The molecular weight excluding hydrogens is 374 g/mol. The molecule has 0 radical (unpaired) electrons. The first-order chi connectivity index (χ1) is 13.7. The van der Waals surface area contributed by atoms with E-state index in [2.05, 4.69) is 5.32 Å². The summed E-state index contributed by atoms with van der Waals surface area (Å²) in [6.07, 6.45) is -0.543. The van der Waals surface area contributed by atoms with Crippen LogP contribution in [0.2, 0.25) is 0 Å². The molecule has 0 heterocycles. The van der Waals surface area contributed by atoms with Gasteiger partial charge in [-0.25, -0.2) is 9.59 Å². The van der Waals surface area contributed by atoms with Crippen LogP contribution < -0.4 is 5.32 Å². The van der Waals surface area contributed by atoms with E-state index in [9.17, 15) is 9.59 Å². The Morgan fingerprint density at radius 1 is 0.857 bits per heavy atom. The number of para-hydroxylation sites is 1. The third-order valence-electron chi connectivity index (χ3n) is 3.85. The lowest BCUT2D eigenvalue weighted by molar-refractivity contribution is 0.0596. The maximum atomic E-state index is 12.2. The van der Waals surface area contributed by atoms with Gasteiger partial charge < -0.3 is 9.47 Å². The van der Waals surface area contributed by atoms with Gasteiger partial charge in [-0.05, 0) is 29.8 Å². The number of hydrogen-bond acceptors (Lipinski definition) is 5. The molecule has 0 saturated heterocycles. The Labute approximate surface area is 167 Å². The van der Waals surface area contributed by atoms with Crippen molar-refractivity contribution in [3.05, 3.63) is 90.0 Å². The molecule has 1 amide bonds. The van der Waals surface area contributed by atoms with Gasteiger partial charge in [-0.2, -0.15) is 0 Å². The van der Waals surface area contributed by atoms with E-state index in [0.29, 0.717) is 11.3 Å². The van der Waals surface area contributed by atoms with Gasteiger partial charge in [0, 0.05) is 9.79 Å². The molecule has 6 heteroatoms. The number of rotatable bonds is 6. The maximum absolute atomic E-state index is 12.2. The first-order valence-corrected chi connectivity index (χ1v) is 9.41. The average Bonchev–Trinajstić information content (AvgIpc) is 2.74. The van der Waals surface area contributed by atoms with Gasteiger partial charge in [0.05, 0.1) is 18.4 Å². The summed E-state index contributed by atoms with van der Waals surface area (Å²) in [7, 11) is 1.35. The number of benzene rings is 3. The van der Waals surface area contributed by atoms with Crippen LogP contribution in [0.15, 0.2) is 88.7 Å². The minimum Gasteiger partial charge on any atom is -0.465 e. The molecule has 0 unspecified atom stereocenters. The predicted octanol–water partition coefficient (Wildman–Crippen LogP) is 5.37. The Hall–Kier alpha value is -3.25. The second-order valence-electron chi connectivity index (χ2n) is 5.77. The lowest BCUT2D eigenvalue weighted by Crippen LogP contribution is -2.14. The molecule has 3 aromatic carbocycles. The number of amides is 1. The molecular formula is C22H19NO4S. The van der Waals surface area contributed by atoms with Gasteiger partial charge in [0.25, 0.3) is 0 Å². The van der Waals surface area contributed by atoms with Crippen molar-refractivity contribution >= 4 is 29.5 Å². The number of nitrogens with one attached hydrogen (secondary N) is 1. The van der Waals surface area contributed by atoms with Crippen LogP contribution in [0.1, 0.15) is 15.9 Å². The first kappa shape index (κ1) is 19.5. The van der Waals surface area contributed by atoms with E-state index in [1.807, 2.05) is 60.7 Å². The lowest BCUT2D eigenvalue weighted by Gasteiger charge is -2.12. The molecule has 0 aliphatic carbocycles. The van der Waals surface area contributed by atoms with Crippen molar-refractivity contribution < 1.29 is 19.1 Å². The molecule has 1 N–H and O–H groups in total. The Balaban J connectivity index is 1.72. The zero-order chi connectivity index (χ0) is 19.8. The fourth-order valence-electron chi connectivity index (χ4n) is 2.48. The number of ether oxygens (including phenoxy) is 2. The van der Waals surface area contributed by atoms with Crippen LogP contribution in [0.4, 0.5) is 10.5 Å². The minimum absolute atomic E-state index is 0.188. The van der Waals surface area contributed by atoms with Crippen molar-refractivity contribution in [1.29, 1.82) is 0 Å². The molecule has 142 valence electrons. The van der Waals surface area contributed by atoms with Gasteiger partial charge >= 0.3 is 12.1 Å². The number of carbonyl (C=O) groups excluding carboxylic acids is 2. The number of esters is 1. The largest absolute Gasteiger partial charge is 0.465 e. The fourth-order valence-corrected chi connectivity index (χ4v) is 3.50. The number of hydrogen-bond donors (Lipinski definition) is 1. The van der Waals surface area contributed by atoms with Crippen LogP contribution in [-0.2, 0) is 16.1 Å². The smallest absolute Gasteiger partial charge is 0.411 e. The summed E-state index contributed by atoms with van der Waals surface area (Å²) in [6.45, 7) is 0.188. The highest BCUT2D eigenvalue weighted by Crippen LogP contribution is 2.35. The van der Waals surface area contributed by atoms with Crippen molar-refractivity contribution in [1.82, 2.24) is 0 Å². The fraction of sp³-hybridized carbons (Fsp3) is 0.0909. The van der Waals surface area contributed by atoms with Gasteiger partial charge in [0.15, 0.2) is 0 Å². The van der Waals surface area contributed by atoms with Crippen LogP contribution in [0.25, 0.3) is 0 Å². The zero-order valence-electron chi connectivity index (χ0n) is 15.3. The summed E-state index contributed by atoms with van der Waals surface area (Å²) >= 11 is 1.37. The Morgan fingerprint density at radius 3 is 2.25 bits per heavy atom. The zero-order valence-corrected chi connectivity index (χ0v) is 16.1. The summed E-state index contributed by atoms with van der Waals surface area (Å²) < 4.78 is 10.1. The molecule has 5 nitrogen and oxygen atoms in total. The Kier molecular flexibility index (Phi) is 6.70. The monoisotopic (exact) mass is 393 g/mol. The minimum atomic E-state index is -0.543. The highest BCUT2D eigenvalue weighted by Gasteiger charge is 2.14. The van der Waals surface area contributed by atoms with E-state index in [-0.39, 0.29) is 6.61 Å². The first-order valence-electron chi connectivity index (χ1n) is 8.59. The van der Waals surface area contributed by atoms with E-state index in [1.54, 1.807) is 18.2 Å². The Bertz CT molecular complexity index is 960. The molecule has 0 atom stereocenters. The lowest BCUT2D eigenvalue weighted by atomic mass is 10.2. The standard InChI is InChI=1S/C22H19NO4S/c1-26-21(24)17-11-5-7-13-19(17)28-20-14-8-6-12-18(20)23-22(25)27-15-16-9-3-2-4-10-16/h2-14H,15H2,1H3,(H,23,25). The van der Waals surface area contributed by atoms with Crippen molar-refractivity contribution in [2.24, 2.45) is 0 Å². The van der Waals surface area contributed by atoms with Crippen molar-refractivity contribution in [3.63, 3.8) is 0 Å². The molecule has 0 aliphatic rings. The predicted molar refractivity (Wildman–Crippen MR) is 109 cm³/mol. The molecule has 0 saturated carbocycles. The van der Waals surface area contributed by atoms with Gasteiger partial charge in [-0.15, -0.1) is 0 Å². The third kappa shape index (κ3) is 5.14. The van der Waals surface area contributed by atoms with E-state index >= 15 is 0 Å². The third-order valence-corrected chi connectivity index (χ3v) is 5.00. The molecule has 3 rings (SSSR count). The molecule has 0 aromatic heterocycles. The number of anilines is 1. The topological polar surface area (TPSA) is 64.6 Å². The van der Waals surface area contributed by atoms with E-state index < -0.39 is 12.1 Å². The average molecular weight is 393 g/mol. The maximum Gasteiger partial charge on any atom is 0.411 e. The van der Waals surface area contributed by atoms with Gasteiger partial charge in [-0.1, -0.05) is 66.4 Å². The van der Waals surface area contributed by atoms with Gasteiger partial charge in [-0.3, -0.25) is 5.32 Å². The van der Waals surface area contributed by atoms with Crippen molar-refractivity contribution in [2.75, 3.05) is 12.4 Å². The molecule has 0 spiro atoms. The molecule has 3 aromatic rings. The summed E-state index contributed by atoms with van der Waals surface area (Å²) in [5, 5.41) is 2.77. The summed E-state index contributed by atoms with van der Waals surface area (Å²) in [5.74, 6) is -0.407. The van der Waals surface area contributed by atoms with Gasteiger partial charge in [0.1, 0.15) is 6.61 Å². The normalized spacial score (nSPS) is 10.2. The van der Waals surface area contributed by atoms with E-state index in [0.717, 1.165) is 15.4 Å². The number of carbonyl (C=O) groups is 2. The summed E-state index contributed by atoms with van der Waals surface area (Å²) in [6, 6.07) is 24.0. The highest BCUT2D eigenvalue weighted by molar-refractivity contribution is 7.99. The Morgan fingerprint density at radius 2 is 1.50 bits per heavy atom. The molecule has 0 aliphatic heterocycles. The van der Waals surface area contributed by atoms with Crippen LogP contribution in [-0.4, -0.2) is 19.2 Å². The quantitative estimate of drug-likeness (QED) is 0.570. The summed E-state index contributed by atoms with van der Waals surface area (Å²) in [5.41, 5.74) is 1.98. The molecule has 0 bridgehead atoms. The van der Waals surface area contributed by atoms with Gasteiger partial charge in [0.2, 0.25) is 0 Å². The SMILES string of the molecule is COC(=O)c1ccccc1Sc1ccccc1NC(=O)OCc1ccccc1. The van der Waals surface area contributed by atoms with E-state index in [1.165, 1.54) is 18.9 Å². The molecule has 0 fully saturated rings. The van der Waals surface area contributed by atoms with Crippen molar-refractivity contribution in [2.45, 2.75) is 16.4 Å². The number of methoxy groups -OCH3 is 1. The van der Waals surface area contributed by atoms with Crippen LogP contribution in [0, 0.1) is 0 Å².